The fraction of sp³-hybridized carbons (Fsp3) is 1.00. The van der Waals surface area contributed by atoms with E-state index in [1.165, 1.54) is 70.9 Å². The van der Waals surface area contributed by atoms with Gasteiger partial charge in [0.05, 0.1) is 6.61 Å². The number of nitrogens with zero attached hydrogens (tertiary/aromatic N) is 1. The molecule has 0 aromatic rings. The van der Waals surface area contributed by atoms with Crippen molar-refractivity contribution in [2.75, 3.05) is 32.8 Å². The van der Waals surface area contributed by atoms with Gasteiger partial charge in [0.1, 0.15) is 0 Å². The van der Waals surface area contributed by atoms with E-state index < -0.39 is 0 Å². The van der Waals surface area contributed by atoms with E-state index in [2.05, 4.69) is 17.1 Å². The van der Waals surface area contributed by atoms with Gasteiger partial charge in [0, 0.05) is 25.7 Å². The summed E-state index contributed by atoms with van der Waals surface area (Å²) >= 11 is 0. The third-order valence-electron chi connectivity index (χ3n) is 5.36. The molecular weight excluding hydrogens is 248 g/mol. The molecule has 2 fully saturated rings. The van der Waals surface area contributed by atoms with Crippen LogP contribution in [0.15, 0.2) is 0 Å². The molecule has 0 atom stereocenters. The van der Waals surface area contributed by atoms with Gasteiger partial charge in [-0.25, -0.2) is 0 Å². The lowest BCUT2D eigenvalue weighted by Gasteiger charge is -2.46. The molecule has 0 radical (unpaired) electrons. The molecule has 2 aliphatic rings. The highest BCUT2D eigenvalue weighted by molar-refractivity contribution is 4.91. The van der Waals surface area contributed by atoms with Crippen LogP contribution in [0, 0.1) is 5.41 Å². The third-order valence-corrected chi connectivity index (χ3v) is 5.36. The maximum atomic E-state index is 9.38. The monoisotopic (exact) mass is 282 g/mol. The molecule has 2 aliphatic carbocycles. The van der Waals surface area contributed by atoms with Crippen molar-refractivity contribution in [1.29, 1.82) is 0 Å². The summed E-state index contributed by atoms with van der Waals surface area (Å²) in [5.74, 6) is 0. The average molecular weight is 282 g/mol. The standard InChI is InChI=1S/C17H34N2O/c1-2-11-18-14-17(9-4-3-5-10-17)15-19(12-13-20)16-7-6-8-16/h16,18,20H,2-15H2,1H3. The number of hydrogen-bond donors (Lipinski definition) is 2. The van der Waals surface area contributed by atoms with E-state index >= 15 is 0 Å². The van der Waals surface area contributed by atoms with Gasteiger partial charge < -0.3 is 10.4 Å². The zero-order valence-corrected chi connectivity index (χ0v) is 13.4. The van der Waals surface area contributed by atoms with Gasteiger partial charge >= 0.3 is 0 Å². The molecule has 0 aliphatic heterocycles. The first-order valence-electron chi connectivity index (χ1n) is 8.85. The van der Waals surface area contributed by atoms with Gasteiger partial charge in [-0.05, 0) is 44.1 Å². The van der Waals surface area contributed by atoms with Gasteiger partial charge in [0.2, 0.25) is 0 Å². The maximum absolute atomic E-state index is 9.38. The lowest BCUT2D eigenvalue weighted by Crippen LogP contribution is -2.51. The van der Waals surface area contributed by atoms with E-state index in [4.69, 9.17) is 0 Å². The molecule has 0 spiro atoms. The number of nitrogens with one attached hydrogen (secondary N) is 1. The largest absolute Gasteiger partial charge is 0.395 e. The van der Waals surface area contributed by atoms with E-state index in [-0.39, 0.29) is 0 Å². The van der Waals surface area contributed by atoms with Crippen LogP contribution in [0.2, 0.25) is 0 Å². The second-order valence-corrected chi connectivity index (χ2v) is 7.02. The smallest absolute Gasteiger partial charge is 0.0558 e. The first-order valence-corrected chi connectivity index (χ1v) is 8.85. The lowest BCUT2D eigenvalue weighted by atomic mass is 9.72. The van der Waals surface area contributed by atoms with Gasteiger partial charge in [-0.3, -0.25) is 4.90 Å². The minimum absolute atomic E-state index is 0.314. The highest BCUT2D eigenvalue weighted by atomic mass is 16.3. The second kappa shape index (κ2) is 8.35. The van der Waals surface area contributed by atoms with Crippen LogP contribution in [0.4, 0.5) is 0 Å². The summed E-state index contributed by atoms with van der Waals surface area (Å²) in [6.07, 6.45) is 12.2. The van der Waals surface area contributed by atoms with Gasteiger partial charge in [0.15, 0.2) is 0 Å². The van der Waals surface area contributed by atoms with Gasteiger partial charge in [-0.2, -0.15) is 0 Å². The highest BCUT2D eigenvalue weighted by Gasteiger charge is 2.36. The van der Waals surface area contributed by atoms with E-state index in [1.54, 1.807) is 0 Å². The molecule has 0 aromatic heterocycles. The molecule has 3 nitrogen and oxygen atoms in total. The Morgan fingerprint density at radius 2 is 1.90 bits per heavy atom. The van der Waals surface area contributed by atoms with Crippen LogP contribution in [-0.2, 0) is 0 Å². The van der Waals surface area contributed by atoms with Crippen molar-refractivity contribution >= 4 is 0 Å². The zero-order chi connectivity index (χ0) is 14.3. The Balaban J connectivity index is 1.93. The molecular formula is C17H34N2O. The van der Waals surface area contributed by atoms with Crippen LogP contribution in [-0.4, -0.2) is 48.8 Å². The molecule has 2 rings (SSSR count). The van der Waals surface area contributed by atoms with Crippen LogP contribution >= 0.6 is 0 Å². The maximum Gasteiger partial charge on any atom is 0.0558 e. The molecule has 3 heteroatoms. The predicted molar refractivity (Wildman–Crippen MR) is 85.0 cm³/mol. The van der Waals surface area contributed by atoms with Crippen molar-refractivity contribution in [3.63, 3.8) is 0 Å². The molecule has 2 saturated carbocycles. The Bertz CT molecular complexity index is 260. The van der Waals surface area contributed by atoms with Crippen LogP contribution in [0.25, 0.3) is 0 Å². The van der Waals surface area contributed by atoms with Gasteiger partial charge in [-0.15, -0.1) is 0 Å². The van der Waals surface area contributed by atoms with E-state index in [9.17, 15) is 5.11 Å². The Hall–Kier alpha value is -0.120. The van der Waals surface area contributed by atoms with Crippen molar-refractivity contribution in [3.8, 4) is 0 Å². The second-order valence-electron chi connectivity index (χ2n) is 7.02. The first kappa shape index (κ1) is 16.3. The van der Waals surface area contributed by atoms with Crippen molar-refractivity contribution in [3.05, 3.63) is 0 Å². The first-order chi connectivity index (χ1) is 9.79. The van der Waals surface area contributed by atoms with E-state index in [0.29, 0.717) is 12.0 Å². The summed E-state index contributed by atoms with van der Waals surface area (Å²) in [5, 5.41) is 13.1. The molecule has 2 N–H and O–H groups in total. The van der Waals surface area contributed by atoms with E-state index in [1.807, 2.05) is 0 Å². The van der Waals surface area contributed by atoms with Crippen LogP contribution in [0.3, 0.4) is 0 Å². The summed E-state index contributed by atoms with van der Waals surface area (Å²) in [6, 6.07) is 0.757. The number of hydrogen-bond acceptors (Lipinski definition) is 3. The van der Waals surface area contributed by atoms with Crippen molar-refractivity contribution in [2.45, 2.75) is 70.8 Å². The molecule has 0 heterocycles. The minimum Gasteiger partial charge on any atom is -0.395 e. The van der Waals surface area contributed by atoms with Crippen LogP contribution in [0.1, 0.15) is 64.7 Å². The summed E-state index contributed by atoms with van der Waals surface area (Å²) in [6.45, 7) is 6.96. The molecule has 0 amide bonds. The molecule has 0 bridgehead atoms. The number of rotatable bonds is 9. The number of aliphatic hydroxyl groups is 1. The Labute approximate surface area is 125 Å². The molecule has 0 saturated heterocycles. The summed E-state index contributed by atoms with van der Waals surface area (Å²) in [7, 11) is 0. The third kappa shape index (κ3) is 4.44. The molecule has 20 heavy (non-hydrogen) atoms. The summed E-state index contributed by atoms with van der Waals surface area (Å²) < 4.78 is 0. The Morgan fingerprint density at radius 3 is 2.45 bits per heavy atom. The molecule has 118 valence electrons. The topological polar surface area (TPSA) is 35.5 Å². The SMILES string of the molecule is CCCNCC1(CN(CCO)C2CCC2)CCCCC1. The average Bonchev–Trinajstić information content (AvgIpc) is 2.38. The van der Waals surface area contributed by atoms with Crippen molar-refractivity contribution < 1.29 is 5.11 Å². The fourth-order valence-corrected chi connectivity index (χ4v) is 3.92. The predicted octanol–water partition coefficient (Wildman–Crippen LogP) is 2.78. The lowest BCUT2D eigenvalue weighted by molar-refractivity contribution is 0.0348. The quantitative estimate of drug-likeness (QED) is 0.638. The van der Waals surface area contributed by atoms with E-state index in [0.717, 1.165) is 19.1 Å². The van der Waals surface area contributed by atoms with Gasteiger partial charge in [0.25, 0.3) is 0 Å². The van der Waals surface area contributed by atoms with Crippen LogP contribution in [0.5, 0.6) is 0 Å². The molecule has 0 aromatic carbocycles. The zero-order valence-electron chi connectivity index (χ0n) is 13.4. The molecule has 0 unspecified atom stereocenters. The van der Waals surface area contributed by atoms with Crippen LogP contribution < -0.4 is 5.32 Å². The fourth-order valence-electron chi connectivity index (χ4n) is 3.92. The minimum atomic E-state index is 0.314. The Kier molecular flexibility index (Phi) is 6.79. The van der Waals surface area contributed by atoms with Gasteiger partial charge in [-0.1, -0.05) is 32.6 Å². The normalized spacial score (nSPS) is 22.9. The van der Waals surface area contributed by atoms with Crippen molar-refractivity contribution in [2.24, 2.45) is 5.41 Å². The highest BCUT2D eigenvalue weighted by Crippen LogP contribution is 2.38. The summed E-state index contributed by atoms with van der Waals surface area (Å²) in [4.78, 5) is 2.60. The van der Waals surface area contributed by atoms with Crippen molar-refractivity contribution in [1.82, 2.24) is 10.2 Å². The summed E-state index contributed by atoms with van der Waals surface area (Å²) in [5.41, 5.74) is 0.470. The number of aliphatic hydroxyl groups excluding tert-OH is 1. The Morgan fingerprint density at radius 1 is 1.15 bits per heavy atom.